The van der Waals surface area contributed by atoms with Gasteiger partial charge in [0.2, 0.25) is 0 Å². The van der Waals surface area contributed by atoms with Crippen molar-refractivity contribution in [2.75, 3.05) is 0 Å². The Balaban J connectivity index is 1.86. The molecule has 0 fully saturated rings. The van der Waals surface area contributed by atoms with Crippen LogP contribution < -0.4 is 0 Å². The van der Waals surface area contributed by atoms with Gasteiger partial charge in [-0.15, -0.1) is 0 Å². The Morgan fingerprint density at radius 2 is 0.565 bits per heavy atom. The second kappa shape index (κ2) is 40.9. The van der Waals surface area contributed by atoms with Gasteiger partial charge in [0.25, 0.3) is 0 Å². The number of rotatable bonds is 45. The summed E-state index contributed by atoms with van der Waals surface area (Å²) in [6.45, 7) is 14.2. The van der Waals surface area contributed by atoms with Gasteiger partial charge in [-0.05, 0) is 116 Å². The fourth-order valence-electron chi connectivity index (χ4n) is 10.2. The predicted octanol–water partition coefficient (Wildman–Crippen LogP) is 21.2. The minimum atomic E-state index is 0.498. The van der Waals surface area contributed by atoms with Gasteiger partial charge in [0, 0.05) is 0 Å². The van der Waals surface area contributed by atoms with Gasteiger partial charge in [0.15, 0.2) is 0 Å². The summed E-state index contributed by atoms with van der Waals surface area (Å²) in [5.74, 6) is 1.14. The van der Waals surface area contributed by atoms with E-state index in [1.54, 1.807) is 33.4 Å². The van der Waals surface area contributed by atoms with E-state index >= 15 is 0 Å². The molecule has 0 saturated carbocycles. The smallest absolute Gasteiger partial charge is 0.0156 e. The largest absolute Gasteiger partial charge is 0.0654 e. The highest BCUT2D eigenvalue weighted by Gasteiger charge is 2.18. The van der Waals surface area contributed by atoms with Gasteiger partial charge in [-0.2, -0.15) is 0 Å². The van der Waals surface area contributed by atoms with Crippen molar-refractivity contribution < 1.29 is 0 Å². The number of hydrogen-bond donors (Lipinski definition) is 0. The zero-order chi connectivity index (χ0) is 44.6. The molecule has 0 bridgehead atoms. The van der Waals surface area contributed by atoms with Crippen molar-refractivity contribution in [2.45, 2.75) is 311 Å². The first-order valence-electron chi connectivity index (χ1n) is 28.6. The molecule has 357 valence electrons. The van der Waals surface area contributed by atoms with E-state index in [9.17, 15) is 0 Å². The van der Waals surface area contributed by atoms with Crippen molar-refractivity contribution in [2.24, 2.45) is 5.92 Å². The summed E-state index contributed by atoms with van der Waals surface area (Å²) in [6, 6.07) is 15.5. The molecule has 2 aromatic carbocycles. The molecule has 2 unspecified atom stereocenters. The third-order valence-electron chi connectivity index (χ3n) is 14.2. The minimum Gasteiger partial charge on any atom is -0.0654 e. The lowest BCUT2D eigenvalue weighted by molar-refractivity contribution is 0.471. The highest BCUT2D eigenvalue weighted by Crippen LogP contribution is 2.31. The Morgan fingerprint density at radius 3 is 0.887 bits per heavy atom. The molecule has 0 saturated heterocycles. The van der Waals surface area contributed by atoms with E-state index in [2.05, 4.69) is 84.4 Å². The van der Waals surface area contributed by atoms with E-state index in [1.165, 1.54) is 263 Å². The second-order valence-electron chi connectivity index (χ2n) is 20.6. The third kappa shape index (κ3) is 30.6. The van der Waals surface area contributed by atoms with Gasteiger partial charge in [-0.1, -0.05) is 277 Å². The minimum absolute atomic E-state index is 0.498. The van der Waals surface area contributed by atoms with Crippen LogP contribution in [0.4, 0.5) is 0 Å². The first-order valence-corrected chi connectivity index (χ1v) is 28.6. The van der Waals surface area contributed by atoms with Crippen LogP contribution in [0.3, 0.4) is 0 Å². The number of benzene rings is 2. The highest BCUT2D eigenvalue weighted by atomic mass is 14.2. The van der Waals surface area contributed by atoms with E-state index < -0.39 is 0 Å². The standard InChI is InChI=1S/C62H109/c1-7-12-17-18-19-20-21-22-23-24-25-26-27-28-29-30-31-32-33-34-35-36-41-46-56(50-61-51-57(42-37-13-8-2)48-58(52-61)43-38-14-9-3)47-55(6)62-53-59(44-39-15-10-4)49-60(54-62)45-40-16-11-5/h47-49,51-56H,7-46,50H2,1-6H3. The molecule has 0 heteroatoms. The summed E-state index contributed by atoms with van der Waals surface area (Å²) in [6.07, 6.45) is 59.7. The monoisotopic (exact) mass is 854 g/mol. The van der Waals surface area contributed by atoms with Crippen molar-refractivity contribution in [3.05, 3.63) is 76.2 Å². The molecule has 1 radical (unpaired) electrons. The molecule has 2 atom stereocenters. The molecule has 0 aliphatic carbocycles. The maximum atomic E-state index is 2.81. The van der Waals surface area contributed by atoms with Crippen molar-refractivity contribution >= 4 is 0 Å². The van der Waals surface area contributed by atoms with Crippen LogP contribution in [-0.4, -0.2) is 0 Å². The second-order valence-corrected chi connectivity index (χ2v) is 20.6. The molecule has 0 aliphatic heterocycles. The highest BCUT2D eigenvalue weighted by molar-refractivity contribution is 5.35. The Labute approximate surface area is 391 Å². The molecule has 62 heavy (non-hydrogen) atoms. The summed E-state index contributed by atoms with van der Waals surface area (Å²) in [7, 11) is 0. The van der Waals surface area contributed by atoms with E-state index in [0.29, 0.717) is 11.8 Å². The van der Waals surface area contributed by atoms with Crippen LogP contribution in [0.1, 0.15) is 312 Å². The molecule has 0 aliphatic rings. The van der Waals surface area contributed by atoms with Gasteiger partial charge in [-0.3, -0.25) is 0 Å². The van der Waals surface area contributed by atoms with Crippen LogP contribution in [0.2, 0.25) is 0 Å². The Hall–Kier alpha value is -1.56. The van der Waals surface area contributed by atoms with Crippen LogP contribution >= 0.6 is 0 Å². The summed E-state index contributed by atoms with van der Waals surface area (Å²) >= 11 is 0. The van der Waals surface area contributed by atoms with E-state index in [4.69, 9.17) is 0 Å². The lowest BCUT2D eigenvalue weighted by atomic mass is 9.82. The number of unbranched alkanes of at least 4 members (excludes halogenated alkanes) is 30. The molecule has 0 aromatic heterocycles. The number of hydrogen-bond acceptors (Lipinski definition) is 0. The molecule has 0 heterocycles. The van der Waals surface area contributed by atoms with Gasteiger partial charge >= 0.3 is 0 Å². The van der Waals surface area contributed by atoms with Gasteiger partial charge in [0.1, 0.15) is 0 Å². The quantitative estimate of drug-likeness (QED) is 0.0582. The Kier molecular flexibility index (Phi) is 37.3. The number of aryl methyl sites for hydroxylation is 4. The Bertz CT molecular complexity index is 1200. The first-order chi connectivity index (χ1) is 30.5. The van der Waals surface area contributed by atoms with Crippen molar-refractivity contribution in [3.63, 3.8) is 0 Å². The molecule has 0 spiro atoms. The maximum Gasteiger partial charge on any atom is -0.0156 e. The lowest BCUT2D eigenvalue weighted by Crippen LogP contribution is -2.12. The molecule has 0 amide bonds. The van der Waals surface area contributed by atoms with Crippen molar-refractivity contribution in [1.82, 2.24) is 0 Å². The zero-order valence-electron chi connectivity index (χ0n) is 43.2. The average Bonchev–Trinajstić information content (AvgIpc) is 3.27. The summed E-state index contributed by atoms with van der Waals surface area (Å²) in [5.41, 5.74) is 9.57. The SMILES string of the molecule is CCCCCCCCCCCCCCCCCCCCCCCCCC([CH]C(C)c1cc(CCCCC)cc(CCCCC)c1)Cc1cc(CCCCC)cc(CCCCC)c1. The fourth-order valence-corrected chi connectivity index (χ4v) is 10.2. The van der Waals surface area contributed by atoms with Gasteiger partial charge in [-0.25, -0.2) is 0 Å². The molecule has 0 nitrogen and oxygen atoms in total. The van der Waals surface area contributed by atoms with Crippen LogP contribution in [0.25, 0.3) is 0 Å². The summed E-state index contributed by atoms with van der Waals surface area (Å²) < 4.78 is 0. The topological polar surface area (TPSA) is 0 Å². The molecule has 0 N–H and O–H groups in total. The Morgan fingerprint density at radius 1 is 0.306 bits per heavy atom. The first kappa shape index (κ1) is 56.6. The van der Waals surface area contributed by atoms with Gasteiger partial charge < -0.3 is 0 Å². The van der Waals surface area contributed by atoms with Crippen molar-refractivity contribution in [3.8, 4) is 0 Å². The fraction of sp³-hybridized carbons (Fsp3) is 0.790. The molecule has 2 aromatic rings. The van der Waals surface area contributed by atoms with Crippen LogP contribution in [-0.2, 0) is 32.1 Å². The van der Waals surface area contributed by atoms with E-state index in [1.807, 2.05) is 0 Å². The van der Waals surface area contributed by atoms with Crippen LogP contribution in [0, 0.1) is 12.3 Å². The van der Waals surface area contributed by atoms with Crippen LogP contribution in [0.5, 0.6) is 0 Å². The average molecular weight is 855 g/mol. The van der Waals surface area contributed by atoms with Crippen molar-refractivity contribution in [1.29, 1.82) is 0 Å². The summed E-state index contributed by atoms with van der Waals surface area (Å²) in [5, 5.41) is 0. The third-order valence-corrected chi connectivity index (χ3v) is 14.2. The predicted molar refractivity (Wildman–Crippen MR) is 282 cm³/mol. The molecule has 2 rings (SSSR count). The van der Waals surface area contributed by atoms with Gasteiger partial charge in [0.05, 0.1) is 0 Å². The van der Waals surface area contributed by atoms with E-state index in [-0.39, 0.29) is 0 Å². The lowest BCUT2D eigenvalue weighted by Gasteiger charge is -2.23. The zero-order valence-corrected chi connectivity index (χ0v) is 43.2. The molecular weight excluding hydrogens is 745 g/mol. The normalized spacial score (nSPS) is 12.7. The van der Waals surface area contributed by atoms with E-state index in [0.717, 1.165) is 0 Å². The van der Waals surface area contributed by atoms with Crippen LogP contribution in [0.15, 0.2) is 36.4 Å². The maximum absolute atomic E-state index is 2.81. The summed E-state index contributed by atoms with van der Waals surface area (Å²) in [4.78, 5) is 0. The molecular formula is C62H109.